The van der Waals surface area contributed by atoms with Crippen molar-refractivity contribution < 1.29 is 4.74 Å². The van der Waals surface area contributed by atoms with Crippen LogP contribution in [0.15, 0.2) is 18.2 Å². The minimum absolute atomic E-state index is 0.244. The molecule has 3 nitrogen and oxygen atoms in total. The molecular formula is C15H22N2O. The van der Waals surface area contributed by atoms with E-state index in [0.717, 1.165) is 12.2 Å². The van der Waals surface area contributed by atoms with Crippen molar-refractivity contribution in [1.29, 1.82) is 0 Å². The Balaban J connectivity index is 2.50. The molecule has 2 N–H and O–H groups in total. The number of hydrogen-bond donors (Lipinski definition) is 1. The molecule has 1 unspecified atom stereocenters. The third-order valence-corrected chi connectivity index (χ3v) is 3.71. The molecule has 98 valence electrons. The smallest absolute Gasteiger partial charge is 0.120 e. The van der Waals surface area contributed by atoms with E-state index >= 15 is 0 Å². The molecule has 2 rings (SSSR count). The summed E-state index contributed by atoms with van der Waals surface area (Å²) >= 11 is 0. The first-order valence-electron chi connectivity index (χ1n) is 6.53. The van der Waals surface area contributed by atoms with Crippen LogP contribution >= 0.6 is 0 Å². The van der Waals surface area contributed by atoms with E-state index < -0.39 is 0 Å². The van der Waals surface area contributed by atoms with Crippen LogP contribution in [0.25, 0.3) is 10.9 Å². The highest BCUT2D eigenvalue weighted by atomic mass is 16.5. The number of fused-ring (bicyclic) bond motifs is 1. The molecule has 0 aliphatic heterocycles. The number of rotatable bonds is 4. The molecule has 0 aliphatic carbocycles. The van der Waals surface area contributed by atoms with Gasteiger partial charge in [0, 0.05) is 30.2 Å². The predicted molar refractivity (Wildman–Crippen MR) is 75.9 cm³/mol. The predicted octanol–water partition coefficient (Wildman–Crippen LogP) is 3.12. The van der Waals surface area contributed by atoms with Gasteiger partial charge in [-0.3, -0.25) is 0 Å². The number of benzene rings is 1. The Morgan fingerprint density at radius 3 is 2.72 bits per heavy atom. The molecule has 0 spiro atoms. The fraction of sp³-hybridized carbons (Fsp3) is 0.467. The number of aryl methyl sites for hydroxylation is 1. The summed E-state index contributed by atoms with van der Waals surface area (Å²) in [6, 6.07) is 6.25. The summed E-state index contributed by atoms with van der Waals surface area (Å²) in [6.45, 7) is 6.89. The molecular weight excluding hydrogens is 224 g/mol. The summed E-state index contributed by atoms with van der Waals surface area (Å²) < 4.78 is 8.06. The highest BCUT2D eigenvalue weighted by Crippen LogP contribution is 2.28. The summed E-state index contributed by atoms with van der Waals surface area (Å²) in [7, 11) is 2.08. The van der Waals surface area contributed by atoms with Crippen LogP contribution in [-0.4, -0.2) is 10.7 Å². The number of hydrogen-bond acceptors (Lipinski definition) is 2. The Kier molecular flexibility index (Phi) is 3.62. The second-order valence-electron chi connectivity index (χ2n) is 4.84. The Morgan fingerprint density at radius 1 is 1.39 bits per heavy atom. The van der Waals surface area contributed by atoms with Crippen LogP contribution in [0.1, 0.15) is 31.5 Å². The zero-order valence-electron chi connectivity index (χ0n) is 11.7. The van der Waals surface area contributed by atoms with Crippen LogP contribution in [0.4, 0.5) is 0 Å². The van der Waals surface area contributed by atoms with Gasteiger partial charge in [0.1, 0.15) is 5.75 Å². The van der Waals surface area contributed by atoms with Gasteiger partial charge < -0.3 is 15.0 Å². The maximum absolute atomic E-state index is 5.87. The molecule has 1 aromatic heterocycles. The van der Waals surface area contributed by atoms with Crippen molar-refractivity contribution in [2.45, 2.75) is 39.8 Å². The Morgan fingerprint density at radius 2 is 2.11 bits per heavy atom. The lowest BCUT2D eigenvalue weighted by atomic mass is 10.1. The van der Waals surface area contributed by atoms with Crippen molar-refractivity contribution in [3.05, 3.63) is 29.5 Å². The van der Waals surface area contributed by atoms with Gasteiger partial charge in [-0.2, -0.15) is 0 Å². The first-order chi connectivity index (χ1) is 8.58. The maximum Gasteiger partial charge on any atom is 0.120 e. The van der Waals surface area contributed by atoms with Crippen molar-refractivity contribution >= 4 is 10.9 Å². The lowest BCUT2D eigenvalue weighted by molar-refractivity contribution is 0.217. The second kappa shape index (κ2) is 5.02. The molecule has 1 heterocycles. The summed E-state index contributed by atoms with van der Waals surface area (Å²) in [5.74, 6) is 0.928. The van der Waals surface area contributed by atoms with Gasteiger partial charge in [0.25, 0.3) is 0 Å². The van der Waals surface area contributed by atoms with Crippen LogP contribution in [0.5, 0.6) is 5.75 Å². The fourth-order valence-corrected chi connectivity index (χ4v) is 2.27. The Labute approximate surface area is 109 Å². The molecule has 0 aliphatic rings. The van der Waals surface area contributed by atoms with Gasteiger partial charge in [-0.05, 0) is 44.0 Å². The van der Waals surface area contributed by atoms with Crippen LogP contribution in [0.2, 0.25) is 0 Å². The van der Waals surface area contributed by atoms with Gasteiger partial charge in [0.2, 0.25) is 0 Å². The largest absolute Gasteiger partial charge is 0.491 e. The topological polar surface area (TPSA) is 40.2 Å². The highest BCUT2D eigenvalue weighted by Gasteiger charge is 2.12. The van der Waals surface area contributed by atoms with E-state index in [1.54, 1.807) is 0 Å². The molecule has 0 saturated carbocycles. The second-order valence-corrected chi connectivity index (χ2v) is 4.84. The van der Waals surface area contributed by atoms with Crippen LogP contribution < -0.4 is 10.5 Å². The Hall–Kier alpha value is -1.48. The van der Waals surface area contributed by atoms with E-state index in [-0.39, 0.29) is 6.10 Å². The standard InChI is InChI=1S/C15H22N2O/c1-5-10(2)18-12-6-7-15-13(8-12)14(9-16)11(3)17(15)4/h6-8,10H,5,9,16H2,1-4H3. The lowest BCUT2D eigenvalue weighted by Gasteiger charge is -2.12. The monoisotopic (exact) mass is 246 g/mol. The van der Waals surface area contributed by atoms with Gasteiger partial charge in [0.05, 0.1) is 6.10 Å². The van der Waals surface area contributed by atoms with Gasteiger partial charge in [-0.25, -0.2) is 0 Å². The third-order valence-electron chi connectivity index (χ3n) is 3.71. The molecule has 0 fully saturated rings. The number of ether oxygens (including phenoxy) is 1. The maximum atomic E-state index is 5.87. The van der Waals surface area contributed by atoms with Crippen molar-refractivity contribution in [3.8, 4) is 5.75 Å². The molecule has 18 heavy (non-hydrogen) atoms. The third kappa shape index (κ3) is 2.10. The first-order valence-corrected chi connectivity index (χ1v) is 6.53. The minimum Gasteiger partial charge on any atom is -0.491 e. The van der Waals surface area contributed by atoms with E-state index in [0.29, 0.717) is 6.54 Å². The van der Waals surface area contributed by atoms with Crippen LogP contribution in [0.3, 0.4) is 0 Å². The van der Waals surface area contributed by atoms with Gasteiger partial charge in [0.15, 0.2) is 0 Å². The van der Waals surface area contributed by atoms with Gasteiger partial charge >= 0.3 is 0 Å². The minimum atomic E-state index is 0.244. The zero-order valence-corrected chi connectivity index (χ0v) is 11.7. The molecule has 1 aromatic carbocycles. The molecule has 3 heteroatoms. The number of aromatic nitrogens is 1. The number of nitrogens with zero attached hydrogens (tertiary/aromatic N) is 1. The summed E-state index contributed by atoms with van der Waals surface area (Å²) in [5, 5.41) is 1.21. The quantitative estimate of drug-likeness (QED) is 0.900. The van der Waals surface area contributed by atoms with Crippen molar-refractivity contribution in [2.24, 2.45) is 12.8 Å². The molecule has 1 atom stereocenters. The van der Waals surface area contributed by atoms with Crippen molar-refractivity contribution in [3.63, 3.8) is 0 Å². The zero-order chi connectivity index (χ0) is 13.3. The summed E-state index contributed by atoms with van der Waals surface area (Å²) in [6.07, 6.45) is 1.25. The van der Waals surface area contributed by atoms with Gasteiger partial charge in [-0.15, -0.1) is 0 Å². The molecule has 0 bridgehead atoms. The van der Waals surface area contributed by atoms with E-state index in [9.17, 15) is 0 Å². The van der Waals surface area contributed by atoms with E-state index in [1.807, 2.05) is 6.07 Å². The normalized spacial score (nSPS) is 12.9. The average molecular weight is 246 g/mol. The van der Waals surface area contributed by atoms with Crippen LogP contribution in [-0.2, 0) is 13.6 Å². The molecule has 0 amide bonds. The first kappa shape index (κ1) is 13.0. The molecule has 0 radical (unpaired) electrons. The summed E-state index contributed by atoms with van der Waals surface area (Å²) in [5.41, 5.74) is 9.51. The fourth-order valence-electron chi connectivity index (χ4n) is 2.27. The SMILES string of the molecule is CCC(C)Oc1ccc2c(c1)c(CN)c(C)n2C. The molecule has 0 saturated heterocycles. The highest BCUT2D eigenvalue weighted by molar-refractivity contribution is 5.86. The summed E-state index contributed by atoms with van der Waals surface area (Å²) in [4.78, 5) is 0. The van der Waals surface area contributed by atoms with Crippen LogP contribution in [0, 0.1) is 6.92 Å². The molecule has 2 aromatic rings. The van der Waals surface area contributed by atoms with Crippen molar-refractivity contribution in [1.82, 2.24) is 4.57 Å². The van der Waals surface area contributed by atoms with Crippen molar-refractivity contribution in [2.75, 3.05) is 0 Å². The Bertz CT molecular complexity index is 557. The van der Waals surface area contributed by atoms with E-state index in [4.69, 9.17) is 10.5 Å². The average Bonchev–Trinajstić information content (AvgIpc) is 2.61. The lowest BCUT2D eigenvalue weighted by Crippen LogP contribution is -2.09. The number of nitrogens with two attached hydrogens (primary N) is 1. The van der Waals surface area contributed by atoms with E-state index in [1.165, 1.54) is 22.2 Å². The van der Waals surface area contributed by atoms with Gasteiger partial charge in [-0.1, -0.05) is 6.92 Å². The van der Waals surface area contributed by atoms with E-state index in [2.05, 4.69) is 44.5 Å².